The van der Waals surface area contributed by atoms with E-state index in [2.05, 4.69) is 0 Å². The van der Waals surface area contributed by atoms with Gasteiger partial charge in [-0.2, -0.15) is 4.31 Å². The van der Waals surface area contributed by atoms with Gasteiger partial charge < -0.3 is 4.90 Å². The van der Waals surface area contributed by atoms with Gasteiger partial charge in [0.15, 0.2) is 5.78 Å². The molecule has 0 aliphatic carbocycles. The quantitative estimate of drug-likeness (QED) is 0.573. The predicted molar refractivity (Wildman–Crippen MR) is 124 cm³/mol. The molecule has 1 aliphatic heterocycles. The van der Waals surface area contributed by atoms with Gasteiger partial charge in [-0.05, 0) is 50.7 Å². The lowest BCUT2D eigenvalue weighted by molar-refractivity contribution is -0.133. The highest BCUT2D eigenvalue weighted by Gasteiger charge is 2.30. The molecule has 172 valence electrons. The number of carbonyl (C=O) groups is 2. The van der Waals surface area contributed by atoms with Gasteiger partial charge in [-0.15, -0.1) is 0 Å². The highest BCUT2D eigenvalue weighted by molar-refractivity contribution is 7.89. The summed E-state index contributed by atoms with van der Waals surface area (Å²) in [6, 6.07) is 13.5. The number of ketones is 1. The monoisotopic (exact) mass is 477 g/mol. The number of halogens is 1. The highest BCUT2D eigenvalue weighted by atomic mass is 35.5. The zero-order valence-corrected chi connectivity index (χ0v) is 20.1. The Hall–Kier alpha value is -2.26. The molecule has 1 saturated heterocycles. The summed E-state index contributed by atoms with van der Waals surface area (Å²) in [6.45, 7) is 4.85. The van der Waals surface area contributed by atoms with E-state index in [0.717, 1.165) is 5.56 Å². The van der Waals surface area contributed by atoms with Crippen molar-refractivity contribution in [2.75, 3.05) is 39.8 Å². The molecule has 32 heavy (non-hydrogen) atoms. The molecule has 2 aromatic rings. The third kappa shape index (κ3) is 5.56. The summed E-state index contributed by atoms with van der Waals surface area (Å²) in [4.78, 5) is 28.0. The van der Waals surface area contributed by atoms with Gasteiger partial charge in [-0.1, -0.05) is 35.9 Å². The Kier molecular flexibility index (Phi) is 7.71. The second kappa shape index (κ2) is 10.1. The van der Waals surface area contributed by atoms with E-state index in [9.17, 15) is 18.0 Å². The van der Waals surface area contributed by atoms with E-state index in [1.165, 1.54) is 35.5 Å². The topological polar surface area (TPSA) is 78.0 Å². The molecule has 0 spiro atoms. The lowest BCUT2D eigenvalue weighted by Crippen LogP contribution is -2.52. The third-order valence-electron chi connectivity index (χ3n) is 5.89. The average Bonchev–Trinajstić information content (AvgIpc) is 2.79. The fraction of sp³-hybridized carbons (Fsp3) is 0.391. The van der Waals surface area contributed by atoms with Crippen LogP contribution in [0.3, 0.4) is 0 Å². The minimum atomic E-state index is -3.67. The van der Waals surface area contributed by atoms with Crippen LogP contribution >= 0.6 is 11.6 Å². The maximum Gasteiger partial charge on any atom is 0.243 e. The first-order chi connectivity index (χ1) is 15.1. The van der Waals surface area contributed by atoms with Crippen molar-refractivity contribution in [3.63, 3.8) is 0 Å². The number of rotatable bonds is 7. The molecule has 2 aromatic carbocycles. The van der Waals surface area contributed by atoms with Crippen LogP contribution in [-0.4, -0.2) is 74.0 Å². The number of Topliss-reactive ketones (excluding diaryl/α,β-unsaturated/α-hetero) is 1. The number of carbonyl (C=O) groups excluding carboxylic acids is 2. The molecule has 7 nitrogen and oxygen atoms in total. The molecule has 0 radical (unpaired) electrons. The summed E-state index contributed by atoms with van der Waals surface area (Å²) in [5.74, 6) is -0.146. The van der Waals surface area contributed by atoms with Crippen molar-refractivity contribution >= 4 is 33.3 Å². The van der Waals surface area contributed by atoms with Gasteiger partial charge in [0.25, 0.3) is 0 Å². The number of nitrogens with zero attached hydrogens (tertiary/aromatic N) is 3. The van der Waals surface area contributed by atoms with Crippen molar-refractivity contribution in [2.45, 2.75) is 24.8 Å². The molecule has 1 heterocycles. The molecular weight excluding hydrogens is 450 g/mol. The molecule has 0 aromatic heterocycles. The van der Waals surface area contributed by atoms with Gasteiger partial charge in [0.1, 0.15) is 0 Å². The normalized spacial score (nSPS) is 16.2. The van der Waals surface area contributed by atoms with Crippen molar-refractivity contribution in [3.05, 3.63) is 64.7 Å². The third-order valence-corrected chi connectivity index (χ3v) is 8.05. The van der Waals surface area contributed by atoms with Crippen molar-refractivity contribution in [2.24, 2.45) is 0 Å². The minimum Gasteiger partial charge on any atom is -0.339 e. The van der Waals surface area contributed by atoms with E-state index in [4.69, 9.17) is 11.6 Å². The number of hydrogen-bond donors (Lipinski definition) is 0. The zero-order valence-electron chi connectivity index (χ0n) is 18.5. The molecule has 0 bridgehead atoms. The Bertz CT molecular complexity index is 1060. The van der Waals surface area contributed by atoms with Crippen LogP contribution in [0, 0.1) is 0 Å². The van der Waals surface area contributed by atoms with Crippen LogP contribution in [0.5, 0.6) is 0 Å². The molecule has 1 fully saturated rings. The van der Waals surface area contributed by atoms with Crippen LogP contribution in [0.1, 0.15) is 35.8 Å². The second-order valence-corrected chi connectivity index (χ2v) is 10.4. The number of likely N-dealkylation sites (N-methyl/N-ethyl adjacent to an activating group) is 1. The number of hydrogen-bond acceptors (Lipinski definition) is 5. The van der Waals surface area contributed by atoms with E-state index in [-0.39, 0.29) is 42.3 Å². The molecule has 1 atom stereocenters. The summed E-state index contributed by atoms with van der Waals surface area (Å²) in [5, 5.41) is 0.669. The highest BCUT2D eigenvalue weighted by Crippen LogP contribution is 2.22. The fourth-order valence-electron chi connectivity index (χ4n) is 3.63. The van der Waals surface area contributed by atoms with Crippen molar-refractivity contribution in [3.8, 4) is 0 Å². The molecule has 1 unspecified atom stereocenters. The Morgan fingerprint density at radius 2 is 1.56 bits per heavy atom. The van der Waals surface area contributed by atoms with Crippen LogP contribution in [0.15, 0.2) is 53.4 Å². The molecule has 0 N–H and O–H groups in total. The van der Waals surface area contributed by atoms with E-state index < -0.39 is 10.0 Å². The first kappa shape index (κ1) is 24.4. The van der Waals surface area contributed by atoms with E-state index >= 15 is 0 Å². The number of piperazine rings is 1. The van der Waals surface area contributed by atoms with Crippen LogP contribution < -0.4 is 0 Å². The number of benzene rings is 2. The van der Waals surface area contributed by atoms with Crippen molar-refractivity contribution < 1.29 is 18.0 Å². The fourth-order valence-corrected chi connectivity index (χ4v) is 5.18. The SMILES string of the molecule is CC(=O)c1ccc(S(=O)(=O)N2CCN(C(=O)CN(C)C(C)c3ccc(Cl)cc3)CC2)cc1. The average molecular weight is 478 g/mol. The lowest BCUT2D eigenvalue weighted by Gasteiger charge is -2.35. The van der Waals surface area contributed by atoms with Crippen LogP contribution in [0.25, 0.3) is 0 Å². The molecular formula is C23H28ClN3O4S. The Morgan fingerprint density at radius 1 is 1.00 bits per heavy atom. The molecule has 1 amide bonds. The van der Waals surface area contributed by atoms with Crippen LogP contribution in [-0.2, 0) is 14.8 Å². The summed E-state index contributed by atoms with van der Waals surface area (Å²) in [6.07, 6.45) is 0. The first-order valence-electron chi connectivity index (χ1n) is 10.4. The molecule has 1 aliphatic rings. The molecule has 0 saturated carbocycles. The van der Waals surface area contributed by atoms with E-state index in [0.29, 0.717) is 23.7 Å². The molecule has 9 heteroatoms. The first-order valence-corrected chi connectivity index (χ1v) is 12.3. The van der Waals surface area contributed by atoms with Gasteiger partial charge in [-0.25, -0.2) is 8.42 Å². The van der Waals surface area contributed by atoms with E-state index in [1.807, 2.05) is 43.1 Å². The summed E-state index contributed by atoms with van der Waals surface area (Å²) in [5.41, 5.74) is 1.53. The minimum absolute atomic E-state index is 0.0313. The summed E-state index contributed by atoms with van der Waals surface area (Å²) in [7, 11) is -1.78. The van der Waals surface area contributed by atoms with Crippen molar-refractivity contribution in [1.82, 2.24) is 14.1 Å². The lowest BCUT2D eigenvalue weighted by atomic mass is 10.1. The van der Waals surface area contributed by atoms with Gasteiger partial charge in [0.2, 0.25) is 15.9 Å². The van der Waals surface area contributed by atoms with E-state index in [1.54, 1.807) is 4.90 Å². The van der Waals surface area contributed by atoms with Crippen LogP contribution in [0.4, 0.5) is 0 Å². The van der Waals surface area contributed by atoms with Gasteiger partial charge >= 0.3 is 0 Å². The largest absolute Gasteiger partial charge is 0.339 e. The maximum atomic E-state index is 12.9. The van der Waals surface area contributed by atoms with Crippen LogP contribution in [0.2, 0.25) is 5.02 Å². The Morgan fingerprint density at radius 3 is 2.09 bits per heavy atom. The number of sulfonamides is 1. The summed E-state index contributed by atoms with van der Waals surface area (Å²) >= 11 is 5.95. The molecule has 3 rings (SSSR count). The maximum absolute atomic E-state index is 12.9. The van der Waals surface area contributed by atoms with Gasteiger partial charge in [-0.3, -0.25) is 14.5 Å². The predicted octanol–water partition coefficient (Wildman–Crippen LogP) is 3.07. The van der Waals surface area contributed by atoms with Crippen molar-refractivity contribution in [1.29, 1.82) is 0 Å². The zero-order chi connectivity index (χ0) is 23.5. The van der Waals surface area contributed by atoms with Gasteiger partial charge in [0, 0.05) is 42.8 Å². The Labute approximate surface area is 194 Å². The number of amides is 1. The van der Waals surface area contributed by atoms with Gasteiger partial charge in [0.05, 0.1) is 11.4 Å². The smallest absolute Gasteiger partial charge is 0.243 e. The Balaban J connectivity index is 1.56. The second-order valence-electron chi connectivity index (χ2n) is 8.01. The standard InChI is InChI=1S/C23H28ClN3O4S/c1-17(19-4-8-21(24)9-5-19)25(3)16-23(29)26-12-14-27(15-13-26)32(30,31)22-10-6-20(7-11-22)18(2)28/h4-11,17H,12-16H2,1-3H3. The summed E-state index contributed by atoms with van der Waals surface area (Å²) < 4.78 is 27.2.